The van der Waals surface area contributed by atoms with Crippen LogP contribution >= 0.6 is 0 Å². The fourth-order valence-corrected chi connectivity index (χ4v) is 0.443. The van der Waals surface area contributed by atoms with Crippen molar-refractivity contribution in [1.29, 1.82) is 0 Å². The summed E-state index contributed by atoms with van der Waals surface area (Å²) in [6.45, 7) is 3.51. The first kappa shape index (κ1) is 42.7. The largest absolute Gasteiger partial charge is 0.536 e. The molecule has 0 spiro atoms. The topological polar surface area (TPSA) is 35.5 Å². The summed E-state index contributed by atoms with van der Waals surface area (Å²) in [4.78, 5) is 10.6. The smallest absolute Gasteiger partial charge is 0.331 e. The van der Waals surface area contributed by atoms with Gasteiger partial charge in [0.05, 0.1) is 13.8 Å². The summed E-state index contributed by atoms with van der Waals surface area (Å²) in [5, 5.41) is 0. The Hall–Kier alpha value is 0.324. The number of rotatable bonds is 4. The summed E-state index contributed by atoms with van der Waals surface area (Å²) in [6.07, 6.45) is -0.999. The first-order valence-electron chi connectivity index (χ1n) is 4.29. The normalized spacial score (nSPS) is 9.35. The van der Waals surface area contributed by atoms with Gasteiger partial charge in [0, 0.05) is 32.7 Å². The Morgan fingerprint density at radius 3 is 1.75 bits per heavy atom. The molecule has 0 saturated carbocycles. The van der Waals surface area contributed by atoms with Crippen molar-refractivity contribution in [2.75, 3.05) is 13.8 Å². The monoisotopic (exact) mass is 382 g/mol. The van der Waals surface area contributed by atoms with Crippen LogP contribution in [0.5, 0.6) is 0 Å². The van der Waals surface area contributed by atoms with Gasteiger partial charge in [0.1, 0.15) is 6.10 Å². The van der Waals surface area contributed by atoms with Crippen LogP contribution in [-0.2, 0) is 47.0 Å². The Balaban J connectivity index is -0.0000000388. The van der Waals surface area contributed by atoms with Crippen molar-refractivity contribution >= 4 is 5.97 Å². The number of carbonyl (C=O) groups excluding carboxylic acids is 1. The average molecular weight is 382 g/mol. The van der Waals surface area contributed by atoms with Crippen LogP contribution in [0.25, 0.3) is 0 Å². The summed E-state index contributed by atoms with van der Waals surface area (Å²) >= 11 is 0. The molecule has 127 valence electrons. The van der Waals surface area contributed by atoms with Gasteiger partial charge < -0.3 is 9.47 Å². The number of ether oxygens (including phenoxy) is 2. The standard InChI is InChI=1S/C7H11F2O3.C2H5F.4CH4.Y/c1-5(6(10)11-3)12-4-7(2,8)9;1-2-3;;;;;/h4-5H,1-3H3;2H2,1H3;4*1H4;/q-1;;;;;;. The molecule has 7 heteroatoms. The van der Waals surface area contributed by atoms with E-state index in [0.717, 1.165) is 7.11 Å². The van der Waals surface area contributed by atoms with Crippen LogP contribution in [0.4, 0.5) is 13.2 Å². The zero-order valence-corrected chi connectivity index (χ0v) is 12.6. The fraction of sp³-hybridized carbons (Fsp3) is 0.846. The van der Waals surface area contributed by atoms with Crippen molar-refractivity contribution in [2.24, 2.45) is 0 Å². The quantitative estimate of drug-likeness (QED) is 0.513. The van der Waals surface area contributed by atoms with Gasteiger partial charge in [-0.05, 0) is 20.8 Å². The number of hydrogen-bond acceptors (Lipinski definition) is 3. The number of methoxy groups -OCH3 is 1. The van der Waals surface area contributed by atoms with E-state index in [9.17, 15) is 18.0 Å². The SMILES string of the molecule is C.C.C.C.CCF.COC(=O)C(C)O[CH-]C(C)(F)F.[Y]. The molecule has 0 heterocycles. The predicted octanol–water partition coefficient (Wildman–Crippen LogP) is 4.90. The molecule has 0 aromatic rings. The fourth-order valence-electron chi connectivity index (χ4n) is 0.443. The van der Waals surface area contributed by atoms with Crippen molar-refractivity contribution in [3.05, 3.63) is 6.61 Å². The third-order valence-corrected chi connectivity index (χ3v) is 1.01. The number of hydrogen-bond donors (Lipinski definition) is 0. The molecule has 0 aromatic carbocycles. The molecule has 0 aliphatic heterocycles. The zero-order chi connectivity index (χ0) is 12.5. The van der Waals surface area contributed by atoms with Gasteiger partial charge in [0.2, 0.25) is 0 Å². The van der Waals surface area contributed by atoms with Crippen LogP contribution in [0, 0.1) is 6.61 Å². The molecule has 0 amide bonds. The van der Waals surface area contributed by atoms with Gasteiger partial charge in [-0.1, -0.05) is 29.7 Å². The second-order valence-electron chi connectivity index (χ2n) is 2.64. The molecule has 1 unspecified atom stereocenters. The summed E-state index contributed by atoms with van der Waals surface area (Å²) in [5.74, 6) is -3.72. The molecule has 0 aromatic heterocycles. The molecule has 0 saturated heterocycles. The maximum Gasteiger partial charge on any atom is 0.331 e. The number of halogens is 3. The second kappa shape index (κ2) is 24.3. The van der Waals surface area contributed by atoms with Crippen LogP contribution in [-0.4, -0.2) is 31.8 Å². The van der Waals surface area contributed by atoms with E-state index in [2.05, 4.69) is 9.47 Å². The van der Waals surface area contributed by atoms with E-state index in [1.54, 1.807) is 0 Å². The first-order valence-corrected chi connectivity index (χ1v) is 4.29. The molecule has 1 atom stereocenters. The summed E-state index contributed by atoms with van der Waals surface area (Å²) in [7, 11) is 1.16. The number of carbonyl (C=O) groups is 1. The van der Waals surface area contributed by atoms with Crippen LogP contribution < -0.4 is 0 Å². The summed E-state index contributed by atoms with van der Waals surface area (Å²) < 4.78 is 43.2. The summed E-state index contributed by atoms with van der Waals surface area (Å²) in [6, 6.07) is 0. The van der Waals surface area contributed by atoms with Crippen molar-refractivity contribution < 1.29 is 60.1 Å². The molecule has 1 radical (unpaired) electrons. The Morgan fingerprint density at radius 2 is 1.55 bits per heavy atom. The molecular weight excluding hydrogens is 350 g/mol. The molecule has 0 fully saturated rings. The van der Waals surface area contributed by atoms with E-state index in [4.69, 9.17) is 0 Å². The van der Waals surface area contributed by atoms with Crippen molar-refractivity contribution in [3.8, 4) is 0 Å². The Labute approximate surface area is 148 Å². The van der Waals surface area contributed by atoms with Gasteiger partial charge in [0.25, 0.3) is 0 Å². The van der Waals surface area contributed by atoms with Crippen molar-refractivity contribution in [2.45, 2.75) is 62.5 Å². The van der Waals surface area contributed by atoms with E-state index in [0.29, 0.717) is 13.5 Å². The van der Waals surface area contributed by atoms with E-state index in [-0.39, 0.29) is 69.1 Å². The molecule has 0 N–H and O–H groups in total. The van der Waals surface area contributed by atoms with E-state index < -0.39 is 18.0 Å². The maximum absolute atomic E-state index is 12.1. The third kappa shape index (κ3) is 36.2. The molecule has 0 bridgehead atoms. The van der Waals surface area contributed by atoms with Crippen LogP contribution in [0.1, 0.15) is 50.5 Å². The Bertz CT molecular complexity index is 177. The van der Waals surface area contributed by atoms with Gasteiger partial charge in [-0.3, -0.25) is 4.39 Å². The van der Waals surface area contributed by atoms with Gasteiger partial charge in [-0.2, -0.15) is 0 Å². The maximum atomic E-state index is 12.1. The van der Waals surface area contributed by atoms with Gasteiger partial charge >= 0.3 is 5.97 Å². The Kier molecular flexibility index (Phi) is 52.0. The predicted molar refractivity (Wildman–Crippen MR) is 76.1 cm³/mol. The number of esters is 1. The second-order valence-corrected chi connectivity index (χ2v) is 2.64. The minimum Gasteiger partial charge on any atom is -0.536 e. The van der Waals surface area contributed by atoms with Crippen LogP contribution in [0.2, 0.25) is 0 Å². The Morgan fingerprint density at radius 1 is 1.25 bits per heavy atom. The van der Waals surface area contributed by atoms with E-state index >= 15 is 0 Å². The molecule has 0 aliphatic rings. The molecule has 0 rings (SSSR count). The van der Waals surface area contributed by atoms with Gasteiger partial charge in [0.15, 0.2) is 5.92 Å². The third-order valence-electron chi connectivity index (χ3n) is 1.01. The molecule has 20 heavy (non-hydrogen) atoms. The van der Waals surface area contributed by atoms with Gasteiger partial charge in [-0.25, -0.2) is 13.6 Å². The van der Waals surface area contributed by atoms with Crippen molar-refractivity contribution in [1.82, 2.24) is 0 Å². The average Bonchev–Trinajstić information content (AvgIpc) is 2.13. The van der Waals surface area contributed by atoms with Crippen LogP contribution in [0.15, 0.2) is 0 Å². The van der Waals surface area contributed by atoms with E-state index in [1.807, 2.05) is 0 Å². The van der Waals surface area contributed by atoms with E-state index in [1.165, 1.54) is 13.8 Å². The first-order chi connectivity index (χ1) is 6.78. The minimum absolute atomic E-state index is 0. The van der Waals surface area contributed by atoms with Crippen LogP contribution in [0.3, 0.4) is 0 Å². The number of alkyl halides is 3. The van der Waals surface area contributed by atoms with Crippen molar-refractivity contribution in [3.63, 3.8) is 0 Å². The molecular formula is C13H32F3O3Y-. The summed E-state index contributed by atoms with van der Waals surface area (Å²) in [5.41, 5.74) is 0. The zero-order valence-electron chi connectivity index (χ0n) is 9.80. The minimum atomic E-state index is -3.04. The molecule has 0 aliphatic carbocycles. The molecule has 3 nitrogen and oxygen atoms in total. The van der Waals surface area contributed by atoms with Gasteiger partial charge in [-0.15, -0.1) is 6.61 Å².